The molecule has 2 nitrogen and oxygen atoms in total. The van der Waals surface area contributed by atoms with Gasteiger partial charge in [0.25, 0.3) is 0 Å². The van der Waals surface area contributed by atoms with Crippen molar-refractivity contribution in [3.05, 3.63) is 253 Å². The molecule has 0 amide bonds. The number of hydrogen-bond donors (Lipinski definition) is 0. The van der Waals surface area contributed by atoms with Crippen LogP contribution in [0.5, 0.6) is 0 Å². The molecule has 0 unspecified atom stereocenters. The van der Waals surface area contributed by atoms with Crippen LogP contribution in [-0.4, -0.2) is 9.55 Å². The third kappa shape index (κ3) is 6.07. The molecular weight excluding hydrogens is 749 g/mol. The van der Waals surface area contributed by atoms with Crippen molar-refractivity contribution in [1.82, 2.24) is 9.55 Å². The smallest absolute Gasteiger partial charge is 0.0715 e. The largest absolute Gasteiger partial charge is 0.309 e. The van der Waals surface area contributed by atoms with E-state index in [1.165, 1.54) is 66.3 Å². The minimum atomic E-state index is 0.0817. The van der Waals surface area contributed by atoms with Crippen LogP contribution in [0.3, 0.4) is 0 Å². The zero-order valence-electron chi connectivity index (χ0n) is 34.0. The molecule has 2 heterocycles. The van der Waals surface area contributed by atoms with Gasteiger partial charge in [-0.25, -0.2) is 4.98 Å². The van der Waals surface area contributed by atoms with Gasteiger partial charge in [0.1, 0.15) is 0 Å². The Hall–Kier alpha value is -8.07. The maximum atomic E-state index is 5.38. The molecule has 0 radical (unpaired) electrons. The third-order valence-electron chi connectivity index (χ3n) is 12.7. The fourth-order valence-electron chi connectivity index (χ4n) is 9.81. The summed E-state index contributed by atoms with van der Waals surface area (Å²) in [6, 6.07) is 86.0. The van der Waals surface area contributed by atoms with Gasteiger partial charge >= 0.3 is 0 Å². The van der Waals surface area contributed by atoms with Gasteiger partial charge in [0.2, 0.25) is 0 Å². The predicted molar refractivity (Wildman–Crippen MR) is 259 cm³/mol. The van der Waals surface area contributed by atoms with E-state index < -0.39 is 0 Å². The van der Waals surface area contributed by atoms with Crippen LogP contribution < -0.4 is 0 Å². The van der Waals surface area contributed by atoms with Crippen molar-refractivity contribution < 1.29 is 0 Å². The van der Waals surface area contributed by atoms with E-state index in [-0.39, 0.29) is 5.92 Å². The highest BCUT2D eigenvalue weighted by molar-refractivity contribution is 6.09. The van der Waals surface area contributed by atoms with E-state index in [1.807, 2.05) is 0 Å². The SMILES string of the molecule is c1ccc(-c2ccc(-c3cc(-c4ccccc4)nc(-c4cccc(-c5cc(-n6c7ccccc7c7ccccc76)ccc5C5c6ccccc6-c6ccccc65)c4)c3)cc2)cc1. The average Bonchev–Trinajstić information content (AvgIpc) is 3.87. The summed E-state index contributed by atoms with van der Waals surface area (Å²) in [5.41, 5.74) is 21.2. The van der Waals surface area contributed by atoms with Crippen LogP contribution >= 0.6 is 0 Å². The van der Waals surface area contributed by atoms with E-state index in [9.17, 15) is 0 Å². The van der Waals surface area contributed by atoms with E-state index in [4.69, 9.17) is 4.98 Å². The second-order valence-corrected chi connectivity index (χ2v) is 16.3. The lowest BCUT2D eigenvalue weighted by molar-refractivity contribution is 1.01. The molecule has 0 saturated carbocycles. The van der Waals surface area contributed by atoms with Crippen LogP contribution in [0, 0.1) is 0 Å². The summed E-state index contributed by atoms with van der Waals surface area (Å²) in [7, 11) is 0. The van der Waals surface area contributed by atoms with Gasteiger partial charge in [-0.2, -0.15) is 0 Å². The van der Waals surface area contributed by atoms with Crippen LogP contribution in [-0.2, 0) is 0 Å². The first kappa shape index (κ1) is 35.8. The minimum Gasteiger partial charge on any atom is -0.309 e. The number of hydrogen-bond acceptors (Lipinski definition) is 1. The molecule has 0 spiro atoms. The zero-order valence-corrected chi connectivity index (χ0v) is 34.0. The molecule has 12 rings (SSSR count). The van der Waals surface area contributed by atoms with Gasteiger partial charge in [-0.3, -0.25) is 0 Å². The molecule has 1 aliphatic rings. The number of benzene rings is 9. The van der Waals surface area contributed by atoms with Crippen LogP contribution in [0.15, 0.2) is 237 Å². The normalized spacial score (nSPS) is 12.1. The zero-order chi connectivity index (χ0) is 41.0. The Bertz CT molecular complexity index is 3350. The van der Waals surface area contributed by atoms with Crippen molar-refractivity contribution in [2.75, 3.05) is 0 Å². The molecule has 0 atom stereocenters. The quantitative estimate of drug-likeness (QED) is 0.157. The lowest BCUT2D eigenvalue weighted by atomic mass is 9.83. The fourth-order valence-corrected chi connectivity index (χ4v) is 9.81. The Morgan fingerprint density at radius 2 is 0.758 bits per heavy atom. The van der Waals surface area contributed by atoms with Crippen molar-refractivity contribution in [1.29, 1.82) is 0 Å². The van der Waals surface area contributed by atoms with Gasteiger partial charge in [-0.05, 0) is 104 Å². The molecule has 11 aromatic rings. The number of aromatic nitrogens is 2. The Labute approximate surface area is 361 Å². The number of para-hydroxylation sites is 2. The van der Waals surface area contributed by atoms with Gasteiger partial charge in [0.15, 0.2) is 0 Å². The summed E-state index contributed by atoms with van der Waals surface area (Å²) in [4.78, 5) is 5.38. The second-order valence-electron chi connectivity index (χ2n) is 16.3. The number of fused-ring (bicyclic) bond motifs is 6. The van der Waals surface area contributed by atoms with Crippen LogP contribution in [0.2, 0.25) is 0 Å². The summed E-state index contributed by atoms with van der Waals surface area (Å²) in [6.07, 6.45) is 0. The van der Waals surface area contributed by atoms with E-state index in [0.29, 0.717) is 0 Å². The van der Waals surface area contributed by atoms with Crippen LogP contribution in [0.4, 0.5) is 0 Å². The van der Waals surface area contributed by atoms with Gasteiger partial charge in [-0.15, -0.1) is 0 Å². The minimum absolute atomic E-state index is 0.0817. The lowest BCUT2D eigenvalue weighted by Crippen LogP contribution is -2.04. The maximum Gasteiger partial charge on any atom is 0.0715 e. The molecule has 0 bridgehead atoms. The van der Waals surface area contributed by atoms with Crippen molar-refractivity contribution in [3.8, 4) is 72.7 Å². The Balaban J connectivity index is 1.05. The molecule has 1 aliphatic carbocycles. The maximum absolute atomic E-state index is 5.38. The number of nitrogens with zero attached hydrogens (tertiary/aromatic N) is 2. The van der Waals surface area contributed by atoms with Gasteiger partial charge in [0.05, 0.1) is 22.4 Å². The Morgan fingerprint density at radius 3 is 1.40 bits per heavy atom. The monoisotopic (exact) mass is 788 g/mol. The van der Waals surface area contributed by atoms with Gasteiger partial charge in [0, 0.05) is 33.5 Å². The van der Waals surface area contributed by atoms with Crippen LogP contribution in [0.1, 0.15) is 22.6 Å². The van der Waals surface area contributed by atoms with Crippen molar-refractivity contribution in [2.24, 2.45) is 0 Å². The van der Waals surface area contributed by atoms with Crippen molar-refractivity contribution >= 4 is 21.8 Å². The first-order chi connectivity index (χ1) is 30.7. The Kier molecular flexibility index (Phi) is 8.60. The molecule has 0 N–H and O–H groups in total. The van der Waals surface area contributed by atoms with E-state index >= 15 is 0 Å². The summed E-state index contributed by atoms with van der Waals surface area (Å²) in [5.74, 6) is 0.0817. The van der Waals surface area contributed by atoms with E-state index in [0.717, 1.165) is 44.9 Å². The summed E-state index contributed by atoms with van der Waals surface area (Å²) < 4.78 is 2.43. The highest BCUT2D eigenvalue weighted by atomic mass is 15.0. The van der Waals surface area contributed by atoms with Crippen molar-refractivity contribution in [2.45, 2.75) is 5.92 Å². The van der Waals surface area contributed by atoms with E-state index in [1.54, 1.807) is 0 Å². The highest BCUT2D eigenvalue weighted by Crippen LogP contribution is 2.50. The van der Waals surface area contributed by atoms with E-state index in [2.05, 4.69) is 241 Å². The average molecular weight is 789 g/mol. The molecular formula is C60H40N2. The fraction of sp³-hybridized carbons (Fsp3) is 0.0167. The summed E-state index contributed by atoms with van der Waals surface area (Å²) in [6.45, 7) is 0. The standard InChI is InChI=1S/C60H40N2/c1-3-16-40(17-4-1)41-30-32-42(33-31-41)46-37-56(43-18-5-2-6-19-43)61-57(38-46)45-21-15-20-44(36-45)55-39-47(62-58-28-13-11-24-50(58)51-25-12-14-29-59(51)62)34-35-54(55)60-52-26-9-7-22-48(52)49-23-8-10-27-53(49)60/h1-39,60H. The lowest BCUT2D eigenvalue weighted by Gasteiger charge is -2.21. The van der Waals surface area contributed by atoms with Gasteiger partial charge in [-0.1, -0.05) is 194 Å². The molecule has 2 heteroatoms. The molecule has 0 fully saturated rings. The highest BCUT2D eigenvalue weighted by Gasteiger charge is 2.31. The molecule has 9 aromatic carbocycles. The predicted octanol–water partition coefficient (Wildman–Crippen LogP) is 15.7. The van der Waals surface area contributed by atoms with Gasteiger partial charge < -0.3 is 4.57 Å². The topological polar surface area (TPSA) is 17.8 Å². The first-order valence-corrected chi connectivity index (χ1v) is 21.4. The first-order valence-electron chi connectivity index (χ1n) is 21.4. The molecule has 2 aromatic heterocycles. The summed E-state index contributed by atoms with van der Waals surface area (Å²) in [5, 5.41) is 2.51. The van der Waals surface area contributed by atoms with Crippen molar-refractivity contribution in [3.63, 3.8) is 0 Å². The van der Waals surface area contributed by atoms with Crippen LogP contribution in [0.25, 0.3) is 94.5 Å². The molecule has 62 heavy (non-hydrogen) atoms. The molecule has 0 saturated heterocycles. The molecule has 0 aliphatic heterocycles. The third-order valence-corrected chi connectivity index (χ3v) is 12.7. The number of pyridine rings is 1. The molecule has 290 valence electrons. The second kappa shape index (κ2) is 14.9. The Morgan fingerprint density at radius 1 is 0.290 bits per heavy atom. The summed E-state index contributed by atoms with van der Waals surface area (Å²) >= 11 is 0. The number of rotatable bonds is 7.